The Kier molecular flexibility index (Phi) is 4.37. The molecule has 0 amide bonds. The first-order valence-corrected chi connectivity index (χ1v) is 6.25. The highest BCUT2D eigenvalue weighted by molar-refractivity contribution is 5.40. The average molecular weight is 317 g/mol. The van der Waals surface area contributed by atoms with Crippen LogP contribution in [0.2, 0.25) is 0 Å². The predicted molar refractivity (Wildman–Crippen MR) is 70.5 cm³/mol. The molecule has 0 radical (unpaired) electrons. The number of hydrogen-bond donors (Lipinski definition) is 1. The van der Waals surface area contributed by atoms with Crippen LogP contribution in [0, 0.1) is 18.6 Å². The molecule has 0 spiro atoms. The molecule has 0 saturated carbocycles. The van der Waals surface area contributed by atoms with Gasteiger partial charge < -0.3 is 10.5 Å². The van der Waals surface area contributed by atoms with E-state index >= 15 is 0 Å². The summed E-state index contributed by atoms with van der Waals surface area (Å²) in [5.74, 6) is -2.43. The molecule has 0 aliphatic rings. The molecule has 0 aliphatic carbocycles. The topological polar surface area (TPSA) is 35.2 Å². The molecule has 0 heterocycles. The van der Waals surface area contributed by atoms with Crippen LogP contribution in [0.3, 0.4) is 0 Å². The first-order valence-electron chi connectivity index (χ1n) is 6.25. The van der Waals surface area contributed by atoms with Gasteiger partial charge in [0.25, 0.3) is 0 Å². The van der Waals surface area contributed by atoms with E-state index in [1.165, 1.54) is 13.0 Å². The number of benzene rings is 2. The quantitative estimate of drug-likeness (QED) is 0.843. The summed E-state index contributed by atoms with van der Waals surface area (Å²) < 4.78 is 70.6. The summed E-state index contributed by atoms with van der Waals surface area (Å²) in [6.45, 7) is 1.24. The molecule has 0 aliphatic heterocycles. The Hall–Kier alpha value is -2.15. The van der Waals surface area contributed by atoms with Gasteiger partial charge in [0.15, 0.2) is 11.6 Å². The van der Waals surface area contributed by atoms with Gasteiger partial charge in [-0.25, -0.2) is 8.78 Å². The lowest BCUT2D eigenvalue weighted by atomic mass is 10.1. The van der Waals surface area contributed by atoms with Crippen molar-refractivity contribution in [3.05, 3.63) is 58.7 Å². The summed E-state index contributed by atoms with van der Waals surface area (Å²) in [5.41, 5.74) is 4.54. The van der Waals surface area contributed by atoms with Crippen LogP contribution in [0.25, 0.3) is 0 Å². The first kappa shape index (κ1) is 16.2. The number of halogens is 5. The van der Waals surface area contributed by atoms with E-state index in [4.69, 9.17) is 10.5 Å². The maximum atomic E-state index is 13.8. The third kappa shape index (κ3) is 3.54. The van der Waals surface area contributed by atoms with E-state index in [2.05, 4.69) is 0 Å². The van der Waals surface area contributed by atoms with E-state index in [1.807, 2.05) is 0 Å². The predicted octanol–water partition coefficient (Wildman–Crippen LogP) is 4.54. The standard InChI is InChI=1S/C15H12F5NO/c1-8-2-10(15(18,19)20)5-11(3-8)22-14-6-12(16)9(7-21)4-13(14)17/h2-6H,7,21H2,1H3. The molecule has 0 bridgehead atoms. The minimum absolute atomic E-state index is 0.0509. The van der Waals surface area contributed by atoms with E-state index in [0.29, 0.717) is 0 Å². The summed E-state index contributed by atoms with van der Waals surface area (Å²) in [4.78, 5) is 0. The van der Waals surface area contributed by atoms with E-state index in [-0.39, 0.29) is 23.4 Å². The van der Waals surface area contributed by atoms with Gasteiger partial charge in [-0.05, 0) is 36.8 Å². The fourth-order valence-corrected chi connectivity index (χ4v) is 1.90. The molecule has 2 nitrogen and oxygen atoms in total. The van der Waals surface area contributed by atoms with Crippen molar-refractivity contribution in [3.8, 4) is 11.5 Å². The SMILES string of the molecule is Cc1cc(Oc2cc(F)c(CN)cc2F)cc(C(F)(F)F)c1. The molecule has 22 heavy (non-hydrogen) atoms. The van der Waals surface area contributed by atoms with E-state index in [0.717, 1.165) is 24.3 Å². The molecular weight excluding hydrogens is 305 g/mol. The number of hydrogen-bond acceptors (Lipinski definition) is 2. The van der Waals surface area contributed by atoms with E-state index in [9.17, 15) is 22.0 Å². The fraction of sp³-hybridized carbons (Fsp3) is 0.200. The third-order valence-corrected chi connectivity index (χ3v) is 2.93. The highest BCUT2D eigenvalue weighted by Gasteiger charge is 2.31. The minimum Gasteiger partial charge on any atom is -0.454 e. The summed E-state index contributed by atoms with van der Waals surface area (Å²) in [6, 6.07) is 4.56. The molecule has 0 aromatic heterocycles. The summed E-state index contributed by atoms with van der Waals surface area (Å²) in [6.07, 6.45) is -4.56. The van der Waals surface area contributed by atoms with E-state index in [1.54, 1.807) is 0 Å². The van der Waals surface area contributed by atoms with Gasteiger partial charge in [-0.2, -0.15) is 13.2 Å². The van der Waals surface area contributed by atoms with Gasteiger partial charge in [0, 0.05) is 18.2 Å². The summed E-state index contributed by atoms with van der Waals surface area (Å²) >= 11 is 0. The molecule has 0 unspecified atom stereocenters. The molecule has 2 rings (SSSR count). The number of ether oxygens (including phenoxy) is 1. The molecule has 2 aromatic rings. The van der Waals surface area contributed by atoms with Gasteiger partial charge in [0.05, 0.1) is 5.56 Å². The van der Waals surface area contributed by atoms with Crippen molar-refractivity contribution in [1.29, 1.82) is 0 Å². The Morgan fingerprint density at radius 3 is 2.27 bits per heavy atom. The first-order chi connectivity index (χ1) is 10.2. The van der Waals surface area contributed by atoms with Gasteiger partial charge in [0.2, 0.25) is 0 Å². The maximum Gasteiger partial charge on any atom is 0.416 e. The van der Waals surface area contributed by atoms with Crippen molar-refractivity contribution >= 4 is 0 Å². The maximum absolute atomic E-state index is 13.8. The molecule has 2 N–H and O–H groups in total. The van der Waals surface area contributed by atoms with Crippen LogP contribution < -0.4 is 10.5 Å². The number of rotatable bonds is 3. The number of alkyl halides is 3. The van der Waals surface area contributed by atoms with Gasteiger partial charge in [0.1, 0.15) is 11.6 Å². The van der Waals surface area contributed by atoms with Crippen molar-refractivity contribution in [2.45, 2.75) is 19.6 Å². The molecular formula is C15H12F5NO. The molecule has 118 valence electrons. The molecule has 0 fully saturated rings. The summed E-state index contributed by atoms with van der Waals surface area (Å²) in [5, 5.41) is 0. The van der Waals surface area contributed by atoms with Crippen molar-refractivity contribution in [3.63, 3.8) is 0 Å². The Balaban J connectivity index is 2.39. The lowest BCUT2D eigenvalue weighted by Gasteiger charge is -2.13. The monoisotopic (exact) mass is 317 g/mol. The van der Waals surface area contributed by atoms with Gasteiger partial charge in [-0.1, -0.05) is 0 Å². The second-order valence-corrected chi connectivity index (χ2v) is 4.71. The van der Waals surface area contributed by atoms with Gasteiger partial charge in [-0.15, -0.1) is 0 Å². The lowest BCUT2D eigenvalue weighted by molar-refractivity contribution is -0.137. The molecule has 0 saturated heterocycles. The Bertz CT molecular complexity index is 697. The second kappa shape index (κ2) is 5.92. The highest BCUT2D eigenvalue weighted by Crippen LogP contribution is 2.34. The Labute approximate surface area is 123 Å². The van der Waals surface area contributed by atoms with Crippen molar-refractivity contribution in [2.24, 2.45) is 5.73 Å². The van der Waals surface area contributed by atoms with Crippen LogP contribution in [0.1, 0.15) is 16.7 Å². The van der Waals surface area contributed by atoms with Gasteiger partial charge in [-0.3, -0.25) is 0 Å². The van der Waals surface area contributed by atoms with Crippen LogP contribution in [0.4, 0.5) is 22.0 Å². The average Bonchev–Trinajstić information content (AvgIpc) is 2.41. The second-order valence-electron chi connectivity index (χ2n) is 4.71. The largest absolute Gasteiger partial charge is 0.454 e. The molecule has 0 atom stereocenters. The highest BCUT2D eigenvalue weighted by atomic mass is 19.4. The zero-order valence-corrected chi connectivity index (χ0v) is 11.5. The van der Waals surface area contributed by atoms with Gasteiger partial charge >= 0.3 is 6.18 Å². The zero-order chi connectivity index (χ0) is 16.5. The van der Waals surface area contributed by atoms with Crippen LogP contribution in [0.15, 0.2) is 30.3 Å². The Morgan fingerprint density at radius 2 is 1.68 bits per heavy atom. The van der Waals surface area contributed by atoms with Crippen molar-refractivity contribution in [1.82, 2.24) is 0 Å². The number of aryl methyl sites for hydroxylation is 1. The van der Waals surface area contributed by atoms with Crippen LogP contribution >= 0.6 is 0 Å². The van der Waals surface area contributed by atoms with E-state index < -0.39 is 29.1 Å². The van der Waals surface area contributed by atoms with Crippen molar-refractivity contribution in [2.75, 3.05) is 0 Å². The van der Waals surface area contributed by atoms with Crippen LogP contribution in [0.5, 0.6) is 11.5 Å². The number of nitrogens with two attached hydrogens (primary N) is 1. The zero-order valence-electron chi connectivity index (χ0n) is 11.5. The minimum atomic E-state index is -4.56. The third-order valence-electron chi connectivity index (χ3n) is 2.93. The lowest BCUT2D eigenvalue weighted by Crippen LogP contribution is -2.06. The van der Waals surface area contributed by atoms with Crippen LogP contribution in [-0.4, -0.2) is 0 Å². The molecule has 7 heteroatoms. The van der Waals surface area contributed by atoms with Crippen LogP contribution in [-0.2, 0) is 12.7 Å². The smallest absolute Gasteiger partial charge is 0.416 e. The fourth-order valence-electron chi connectivity index (χ4n) is 1.90. The summed E-state index contributed by atoms with van der Waals surface area (Å²) in [7, 11) is 0. The normalized spacial score (nSPS) is 11.6. The molecule has 2 aromatic carbocycles. The Morgan fingerprint density at radius 1 is 1.00 bits per heavy atom. The van der Waals surface area contributed by atoms with Crippen molar-refractivity contribution < 1.29 is 26.7 Å².